The predicted octanol–water partition coefficient (Wildman–Crippen LogP) is -1.57. The van der Waals surface area contributed by atoms with Gasteiger partial charge >= 0.3 is 48.1 Å². The van der Waals surface area contributed by atoms with Crippen LogP contribution in [0.5, 0.6) is 0 Å². The molecule has 0 rings (SSSR count). The first kappa shape index (κ1) is 15.9. The summed E-state index contributed by atoms with van der Waals surface area (Å²) in [6, 6.07) is 0. The van der Waals surface area contributed by atoms with E-state index in [1.807, 2.05) is 0 Å². The van der Waals surface area contributed by atoms with Gasteiger partial charge in [0.25, 0.3) is 0 Å². The Bertz CT molecular complexity index is 94.9. The fraction of sp³-hybridized carbons (Fsp3) is 0. The second-order valence-electron chi connectivity index (χ2n) is 0.448. The van der Waals surface area contributed by atoms with Gasteiger partial charge in [-0.25, -0.2) is 0 Å². The van der Waals surface area contributed by atoms with Crippen LogP contribution in [-0.4, -0.2) is 55.3 Å². The molecule has 0 aliphatic heterocycles. The van der Waals surface area contributed by atoms with Crippen LogP contribution in [0.25, 0.3) is 0 Å². The van der Waals surface area contributed by atoms with Crippen molar-refractivity contribution in [3.63, 3.8) is 0 Å². The van der Waals surface area contributed by atoms with Gasteiger partial charge in [0.05, 0.1) is 0 Å². The number of hydrogen-bond donors (Lipinski definition) is 2. The maximum absolute atomic E-state index is 8.74. The Hall–Kier alpha value is 1.87. The summed E-state index contributed by atoms with van der Waals surface area (Å²) in [5, 5.41) is 0. The molecule has 0 saturated carbocycles. The van der Waals surface area contributed by atoms with Crippen LogP contribution in [0.3, 0.4) is 0 Å². The SMILES string of the molecule is O=S(=O)(O)O.[Ag].[CaH2]. The van der Waals surface area contributed by atoms with E-state index in [-0.39, 0.29) is 60.1 Å². The van der Waals surface area contributed by atoms with Gasteiger partial charge in [0, 0.05) is 22.4 Å². The topological polar surface area (TPSA) is 74.6 Å². The molecule has 4 nitrogen and oxygen atoms in total. The van der Waals surface area contributed by atoms with Crippen molar-refractivity contribution in [2.45, 2.75) is 0 Å². The van der Waals surface area contributed by atoms with E-state index in [0.29, 0.717) is 0 Å². The van der Waals surface area contributed by atoms with Gasteiger partial charge in [-0.2, -0.15) is 8.42 Å². The van der Waals surface area contributed by atoms with Gasteiger partial charge in [0.1, 0.15) is 0 Å². The van der Waals surface area contributed by atoms with E-state index >= 15 is 0 Å². The summed E-state index contributed by atoms with van der Waals surface area (Å²) in [5.41, 5.74) is 0. The molecule has 0 bridgehead atoms. The third kappa shape index (κ3) is 77.5. The van der Waals surface area contributed by atoms with Crippen molar-refractivity contribution in [1.82, 2.24) is 0 Å². The Morgan fingerprint density at radius 2 is 1.14 bits per heavy atom. The molecule has 0 heterocycles. The molecule has 1 radical (unpaired) electrons. The van der Waals surface area contributed by atoms with Gasteiger partial charge < -0.3 is 0 Å². The van der Waals surface area contributed by atoms with Crippen molar-refractivity contribution in [2.24, 2.45) is 0 Å². The molecule has 0 aromatic rings. The first-order valence-electron chi connectivity index (χ1n) is 0.698. The summed E-state index contributed by atoms with van der Waals surface area (Å²) in [7, 11) is -4.67. The summed E-state index contributed by atoms with van der Waals surface area (Å²) in [4.78, 5) is 0. The Morgan fingerprint density at radius 1 is 1.14 bits per heavy atom. The Morgan fingerprint density at radius 3 is 1.14 bits per heavy atom. The normalized spacial score (nSPS) is 8.29. The molecule has 7 heavy (non-hydrogen) atoms. The van der Waals surface area contributed by atoms with Crippen molar-refractivity contribution in [3.05, 3.63) is 0 Å². The quantitative estimate of drug-likeness (QED) is 0.401. The molecule has 47 valence electrons. The van der Waals surface area contributed by atoms with Gasteiger partial charge in [-0.3, -0.25) is 9.11 Å². The van der Waals surface area contributed by atoms with Crippen molar-refractivity contribution in [2.75, 3.05) is 0 Å². The van der Waals surface area contributed by atoms with Crippen molar-refractivity contribution < 1.29 is 39.9 Å². The molecule has 0 aliphatic carbocycles. The van der Waals surface area contributed by atoms with Crippen LogP contribution in [0.1, 0.15) is 0 Å². The molecule has 0 unspecified atom stereocenters. The van der Waals surface area contributed by atoms with Crippen LogP contribution in [0.4, 0.5) is 0 Å². The van der Waals surface area contributed by atoms with Crippen LogP contribution >= 0.6 is 0 Å². The number of rotatable bonds is 0. The van der Waals surface area contributed by atoms with Crippen molar-refractivity contribution in [3.8, 4) is 0 Å². The molecule has 0 amide bonds. The average Bonchev–Trinajstić information content (AvgIpc) is 0.722. The van der Waals surface area contributed by atoms with Gasteiger partial charge in [0.2, 0.25) is 0 Å². The third-order valence-electron chi connectivity index (χ3n) is 0. The van der Waals surface area contributed by atoms with E-state index in [1.165, 1.54) is 0 Å². The molecule has 0 aromatic heterocycles. The maximum atomic E-state index is 8.74. The van der Waals surface area contributed by atoms with Crippen LogP contribution in [-0.2, 0) is 32.8 Å². The number of hydrogen-bond acceptors (Lipinski definition) is 2. The zero-order valence-corrected chi connectivity index (χ0v) is 4.72. The van der Waals surface area contributed by atoms with Crippen molar-refractivity contribution >= 4 is 48.1 Å². The van der Waals surface area contributed by atoms with E-state index in [2.05, 4.69) is 0 Å². The van der Waals surface area contributed by atoms with E-state index in [0.717, 1.165) is 0 Å². The van der Waals surface area contributed by atoms with Gasteiger partial charge in [-0.1, -0.05) is 0 Å². The van der Waals surface area contributed by atoms with E-state index in [4.69, 9.17) is 17.5 Å². The van der Waals surface area contributed by atoms with Crippen LogP contribution < -0.4 is 0 Å². The van der Waals surface area contributed by atoms with E-state index in [9.17, 15) is 0 Å². The zero-order chi connectivity index (χ0) is 4.50. The second kappa shape index (κ2) is 6.00. The van der Waals surface area contributed by atoms with Gasteiger partial charge in [-0.15, -0.1) is 0 Å². The van der Waals surface area contributed by atoms with E-state index < -0.39 is 10.4 Å². The fourth-order valence-corrected chi connectivity index (χ4v) is 0. The van der Waals surface area contributed by atoms with Crippen molar-refractivity contribution in [1.29, 1.82) is 0 Å². The standard InChI is InChI=1S/Ag.Ca.H2O4S.2H/c;;1-5(2,3)4;;/h;;(H2,1,2,3,4);;. The molecule has 0 saturated heterocycles. The molecule has 0 spiro atoms. The van der Waals surface area contributed by atoms with E-state index in [1.54, 1.807) is 0 Å². The molecule has 0 aromatic carbocycles. The second-order valence-corrected chi connectivity index (χ2v) is 1.34. The molecule has 0 aliphatic rings. The summed E-state index contributed by atoms with van der Waals surface area (Å²) >= 11 is 0. The van der Waals surface area contributed by atoms with Crippen LogP contribution in [0.2, 0.25) is 0 Å². The minimum absolute atomic E-state index is 0. The zero-order valence-electron chi connectivity index (χ0n) is 2.42. The first-order chi connectivity index (χ1) is 2.00. The monoisotopic (exact) mass is 247 g/mol. The Kier molecular flexibility index (Phi) is 13.7. The first-order valence-corrected chi connectivity index (χ1v) is 2.10. The molecular formula is H4AgCaO4S. The minimum atomic E-state index is -4.67. The van der Waals surface area contributed by atoms with Gasteiger partial charge in [0.15, 0.2) is 0 Å². The summed E-state index contributed by atoms with van der Waals surface area (Å²) in [6.45, 7) is 0. The average molecular weight is 248 g/mol. The molecular weight excluding hydrogens is 244 g/mol. The molecule has 0 atom stereocenters. The third-order valence-corrected chi connectivity index (χ3v) is 0. The van der Waals surface area contributed by atoms with Crippen LogP contribution in [0.15, 0.2) is 0 Å². The Balaban J connectivity index is -0.0000000800. The summed E-state index contributed by atoms with van der Waals surface area (Å²) in [6.07, 6.45) is 0. The predicted molar refractivity (Wildman–Crippen MR) is 22.7 cm³/mol. The molecule has 2 N–H and O–H groups in total. The molecule has 7 heteroatoms. The Labute approximate surface area is 86.8 Å². The summed E-state index contributed by atoms with van der Waals surface area (Å²) < 4.78 is 31.6. The molecule has 0 fully saturated rings. The fourth-order valence-electron chi connectivity index (χ4n) is 0. The van der Waals surface area contributed by atoms with Gasteiger partial charge in [-0.05, 0) is 0 Å². The summed E-state index contributed by atoms with van der Waals surface area (Å²) in [5.74, 6) is 0. The van der Waals surface area contributed by atoms with Crippen LogP contribution in [0, 0.1) is 0 Å².